The third-order valence-electron chi connectivity index (χ3n) is 2.18. The van der Waals surface area contributed by atoms with Gasteiger partial charge in [-0.1, -0.05) is 20.8 Å². The molecule has 0 aliphatic heterocycles. The smallest absolute Gasteiger partial charge is 0.374 e. The Kier molecular flexibility index (Phi) is 5.35. The van der Waals surface area contributed by atoms with Gasteiger partial charge < -0.3 is 4.74 Å². The van der Waals surface area contributed by atoms with Crippen LogP contribution in [0.15, 0.2) is 0 Å². The van der Waals surface area contributed by atoms with Gasteiger partial charge in [-0.25, -0.2) is 4.79 Å². The molecule has 0 fully saturated rings. The van der Waals surface area contributed by atoms with Crippen LogP contribution in [0.1, 0.15) is 34.1 Å². The minimum atomic E-state index is -0.723. The Morgan fingerprint density at radius 2 is 1.85 bits per heavy atom. The van der Waals surface area contributed by atoms with E-state index in [1.54, 1.807) is 0 Å². The van der Waals surface area contributed by atoms with E-state index in [9.17, 15) is 9.59 Å². The number of hydrogen-bond acceptors (Lipinski definition) is 3. The second kappa shape index (κ2) is 5.73. The normalized spacial score (nSPS) is 12.7. The molecule has 0 amide bonds. The first-order valence-electron chi connectivity index (χ1n) is 4.66. The zero-order valence-electron chi connectivity index (χ0n) is 8.79. The molecule has 0 saturated heterocycles. The predicted octanol–water partition coefficient (Wildman–Crippen LogP) is 1.80. The number of carbonyl (C=O) groups excluding carboxylic acids is 2. The van der Waals surface area contributed by atoms with Gasteiger partial charge in [0.05, 0.1) is 6.61 Å². The highest BCUT2D eigenvalue weighted by Crippen LogP contribution is 2.14. The molecule has 0 aliphatic rings. The Labute approximate surface area is 79.5 Å². The molecule has 1 atom stereocenters. The molecule has 0 heterocycles. The van der Waals surface area contributed by atoms with Crippen LogP contribution in [-0.2, 0) is 14.3 Å². The lowest BCUT2D eigenvalue weighted by atomic mass is 9.94. The van der Waals surface area contributed by atoms with Gasteiger partial charge in [0.1, 0.15) is 0 Å². The van der Waals surface area contributed by atoms with Gasteiger partial charge in [0.25, 0.3) is 0 Å². The second-order valence-electron chi connectivity index (χ2n) is 3.57. The third-order valence-corrected chi connectivity index (χ3v) is 2.18. The topological polar surface area (TPSA) is 43.4 Å². The van der Waals surface area contributed by atoms with E-state index in [2.05, 4.69) is 13.8 Å². The first kappa shape index (κ1) is 12.1. The fourth-order valence-corrected chi connectivity index (χ4v) is 1.07. The Bertz CT molecular complexity index is 185. The molecule has 0 spiro atoms. The maximum atomic E-state index is 10.8. The van der Waals surface area contributed by atoms with Crippen LogP contribution in [0.2, 0.25) is 0 Å². The van der Waals surface area contributed by atoms with Crippen molar-refractivity contribution in [2.75, 3.05) is 6.61 Å². The fourth-order valence-electron chi connectivity index (χ4n) is 1.07. The maximum absolute atomic E-state index is 10.8. The van der Waals surface area contributed by atoms with Crippen molar-refractivity contribution < 1.29 is 14.3 Å². The highest BCUT2D eigenvalue weighted by atomic mass is 16.5. The van der Waals surface area contributed by atoms with Crippen molar-refractivity contribution in [3.8, 4) is 0 Å². The van der Waals surface area contributed by atoms with Gasteiger partial charge in [0.15, 0.2) is 0 Å². The minimum Gasteiger partial charge on any atom is -0.460 e. The van der Waals surface area contributed by atoms with Crippen molar-refractivity contribution in [3.05, 3.63) is 0 Å². The molecular weight excluding hydrogens is 168 g/mol. The van der Waals surface area contributed by atoms with Crippen molar-refractivity contribution >= 4 is 11.8 Å². The molecule has 0 saturated carbocycles. The van der Waals surface area contributed by atoms with E-state index >= 15 is 0 Å². The predicted molar refractivity (Wildman–Crippen MR) is 50.3 cm³/mol. The van der Waals surface area contributed by atoms with Crippen LogP contribution in [0.5, 0.6) is 0 Å². The van der Waals surface area contributed by atoms with Crippen LogP contribution < -0.4 is 0 Å². The quantitative estimate of drug-likeness (QED) is 0.485. The SMILES string of the molecule is CCC(COC(=O)C(C)=O)C(C)C. The largest absolute Gasteiger partial charge is 0.460 e. The number of ketones is 1. The standard InChI is InChI=1S/C10H18O3/c1-5-9(7(2)3)6-13-10(12)8(4)11/h7,9H,5-6H2,1-4H3. The summed E-state index contributed by atoms with van der Waals surface area (Å²) in [6.07, 6.45) is 0.961. The molecular formula is C10H18O3. The zero-order chi connectivity index (χ0) is 10.4. The molecule has 13 heavy (non-hydrogen) atoms. The molecule has 3 nitrogen and oxygen atoms in total. The zero-order valence-corrected chi connectivity index (χ0v) is 8.79. The van der Waals surface area contributed by atoms with Crippen molar-refractivity contribution in [3.63, 3.8) is 0 Å². The van der Waals surface area contributed by atoms with Crippen molar-refractivity contribution in [2.45, 2.75) is 34.1 Å². The second-order valence-corrected chi connectivity index (χ2v) is 3.57. The van der Waals surface area contributed by atoms with E-state index < -0.39 is 11.8 Å². The fraction of sp³-hybridized carbons (Fsp3) is 0.800. The first-order valence-corrected chi connectivity index (χ1v) is 4.66. The minimum absolute atomic E-state index is 0.350. The van der Waals surface area contributed by atoms with Gasteiger partial charge in [0, 0.05) is 6.92 Å². The molecule has 0 aromatic carbocycles. The molecule has 3 heteroatoms. The summed E-state index contributed by atoms with van der Waals surface area (Å²) < 4.78 is 4.83. The highest BCUT2D eigenvalue weighted by molar-refractivity contribution is 6.32. The van der Waals surface area contributed by atoms with Gasteiger partial charge in [-0.3, -0.25) is 4.79 Å². The number of rotatable bonds is 5. The first-order chi connectivity index (χ1) is 5.99. The van der Waals surface area contributed by atoms with Gasteiger partial charge in [-0.2, -0.15) is 0 Å². The van der Waals surface area contributed by atoms with E-state index in [4.69, 9.17) is 4.74 Å². The average Bonchev–Trinajstić information content (AvgIpc) is 2.04. The lowest BCUT2D eigenvalue weighted by Crippen LogP contribution is -2.21. The van der Waals surface area contributed by atoms with Crippen LogP contribution in [0.4, 0.5) is 0 Å². The van der Waals surface area contributed by atoms with E-state index in [0.29, 0.717) is 18.4 Å². The average molecular weight is 186 g/mol. The van der Waals surface area contributed by atoms with Crippen LogP contribution in [-0.4, -0.2) is 18.4 Å². The summed E-state index contributed by atoms with van der Waals surface area (Å²) >= 11 is 0. The summed E-state index contributed by atoms with van der Waals surface area (Å²) in [5, 5.41) is 0. The van der Waals surface area contributed by atoms with Gasteiger partial charge in [-0.05, 0) is 18.3 Å². The Morgan fingerprint density at radius 3 is 2.15 bits per heavy atom. The number of hydrogen-bond donors (Lipinski definition) is 0. The number of esters is 1. The number of carbonyl (C=O) groups is 2. The summed E-state index contributed by atoms with van der Waals surface area (Å²) in [6.45, 7) is 7.78. The van der Waals surface area contributed by atoms with Crippen LogP contribution in [0.25, 0.3) is 0 Å². The number of Topliss-reactive ketones (excluding diaryl/α,β-unsaturated/α-hetero) is 1. The van der Waals surface area contributed by atoms with E-state index in [1.165, 1.54) is 6.92 Å². The van der Waals surface area contributed by atoms with Crippen LogP contribution in [0.3, 0.4) is 0 Å². The van der Waals surface area contributed by atoms with E-state index in [0.717, 1.165) is 6.42 Å². The molecule has 0 aromatic heterocycles. The number of ether oxygens (including phenoxy) is 1. The summed E-state index contributed by atoms with van der Waals surface area (Å²) in [7, 11) is 0. The Hall–Kier alpha value is -0.860. The molecule has 0 bridgehead atoms. The monoisotopic (exact) mass is 186 g/mol. The molecule has 0 aromatic rings. The summed E-state index contributed by atoms with van der Waals surface area (Å²) in [6, 6.07) is 0. The highest BCUT2D eigenvalue weighted by Gasteiger charge is 2.15. The Morgan fingerprint density at radius 1 is 1.31 bits per heavy atom. The van der Waals surface area contributed by atoms with E-state index in [1.807, 2.05) is 6.92 Å². The Balaban J connectivity index is 3.85. The molecule has 0 aliphatic carbocycles. The molecule has 0 radical (unpaired) electrons. The summed E-state index contributed by atoms with van der Waals surface area (Å²) in [5.74, 6) is -0.425. The summed E-state index contributed by atoms with van der Waals surface area (Å²) in [5.41, 5.74) is 0. The van der Waals surface area contributed by atoms with Gasteiger partial charge in [0.2, 0.25) is 5.78 Å². The van der Waals surface area contributed by atoms with Crippen molar-refractivity contribution in [1.82, 2.24) is 0 Å². The molecule has 1 unspecified atom stereocenters. The van der Waals surface area contributed by atoms with Crippen LogP contribution in [0, 0.1) is 11.8 Å². The molecule has 76 valence electrons. The van der Waals surface area contributed by atoms with Crippen molar-refractivity contribution in [2.24, 2.45) is 11.8 Å². The lowest BCUT2D eigenvalue weighted by Gasteiger charge is -2.17. The molecule has 0 N–H and O–H groups in total. The van der Waals surface area contributed by atoms with Crippen LogP contribution >= 0.6 is 0 Å². The van der Waals surface area contributed by atoms with Crippen molar-refractivity contribution in [1.29, 1.82) is 0 Å². The summed E-state index contributed by atoms with van der Waals surface area (Å²) in [4.78, 5) is 21.4. The molecule has 0 rings (SSSR count). The maximum Gasteiger partial charge on any atom is 0.374 e. The lowest BCUT2D eigenvalue weighted by molar-refractivity contribution is -0.154. The van der Waals surface area contributed by atoms with Gasteiger partial charge in [-0.15, -0.1) is 0 Å². The van der Waals surface area contributed by atoms with E-state index in [-0.39, 0.29) is 0 Å². The van der Waals surface area contributed by atoms with Gasteiger partial charge >= 0.3 is 5.97 Å². The third kappa shape index (κ3) is 4.65.